The van der Waals surface area contributed by atoms with Crippen LogP contribution in [0.4, 0.5) is 0 Å². The number of hydrogen-bond acceptors (Lipinski definition) is 10. The summed E-state index contributed by atoms with van der Waals surface area (Å²) in [6.45, 7) is 1.55. The number of esters is 1. The van der Waals surface area contributed by atoms with E-state index in [0.717, 1.165) is 5.56 Å². The third-order valence-corrected chi connectivity index (χ3v) is 8.62. The first kappa shape index (κ1) is 29.0. The van der Waals surface area contributed by atoms with Crippen LogP contribution in [-0.2, 0) is 30.3 Å². The number of nitrogens with two attached hydrogens (primary N) is 1. The van der Waals surface area contributed by atoms with Crippen LogP contribution in [0.5, 0.6) is 5.75 Å². The minimum atomic E-state index is -2.98. The van der Waals surface area contributed by atoms with E-state index in [0.29, 0.717) is 5.56 Å². The minimum absolute atomic E-state index is 0.0460. The van der Waals surface area contributed by atoms with Crippen LogP contribution < -0.4 is 5.73 Å². The maximum absolute atomic E-state index is 14.4. The van der Waals surface area contributed by atoms with Crippen molar-refractivity contribution in [2.24, 2.45) is 17.6 Å². The van der Waals surface area contributed by atoms with Gasteiger partial charge in [-0.3, -0.25) is 24.1 Å². The second-order valence-corrected chi connectivity index (χ2v) is 11.1. The molecule has 3 aliphatic carbocycles. The Morgan fingerprint density at radius 3 is 2.29 bits per heavy atom. The Morgan fingerprint density at radius 1 is 1.02 bits per heavy atom. The molecule has 0 spiro atoms. The Labute approximate surface area is 241 Å². The summed E-state index contributed by atoms with van der Waals surface area (Å²) in [6.07, 6.45) is -1.29. The number of benzene rings is 2. The Hall–Kier alpha value is -4.48. The average Bonchev–Trinajstić information content (AvgIpc) is 2.94. The number of primary amides is 1. The fraction of sp³-hybridized carbons (Fsp3) is 0.355. The van der Waals surface area contributed by atoms with Crippen molar-refractivity contribution in [1.29, 1.82) is 0 Å². The summed E-state index contributed by atoms with van der Waals surface area (Å²) in [7, 11) is 2.96. The van der Waals surface area contributed by atoms with Crippen molar-refractivity contribution in [3.63, 3.8) is 0 Å². The summed E-state index contributed by atoms with van der Waals surface area (Å²) >= 11 is 0. The Kier molecular flexibility index (Phi) is 7.20. The maximum Gasteiger partial charge on any atom is 0.305 e. The normalized spacial score (nSPS) is 28.7. The molecule has 3 aliphatic rings. The van der Waals surface area contributed by atoms with E-state index in [1.165, 1.54) is 25.1 Å². The number of aliphatic hydroxyl groups excluding tert-OH is 2. The number of aliphatic hydroxyl groups is 3. The zero-order valence-corrected chi connectivity index (χ0v) is 23.3. The largest absolute Gasteiger partial charge is 0.508 e. The summed E-state index contributed by atoms with van der Waals surface area (Å²) in [5.41, 5.74) is 2.32. The molecule has 0 radical (unpaired) electrons. The fourth-order valence-electron chi connectivity index (χ4n) is 6.85. The van der Waals surface area contributed by atoms with Gasteiger partial charge in [0.2, 0.25) is 5.78 Å². The molecule has 6 atom stereocenters. The lowest BCUT2D eigenvalue weighted by atomic mass is 9.53. The molecule has 42 heavy (non-hydrogen) atoms. The van der Waals surface area contributed by atoms with Gasteiger partial charge in [0.05, 0.1) is 17.5 Å². The van der Waals surface area contributed by atoms with Crippen LogP contribution in [0.2, 0.25) is 0 Å². The molecule has 0 heterocycles. The summed E-state index contributed by atoms with van der Waals surface area (Å²) in [5, 5.41) is 45.8. The first-order valence-electron chi connectivity index (χ1n) is 13.6. The minimum Gasteiger partial charge on any atom is -0.508 e. The molecule has 11 nitrogen and oxygen atoms in total. The summed E-state index contributed by atoms with van der Waals surface area (Å²) in [6, 6.07) is 12.4. The number of Topliss-reactive ketones (excluding diaryl/α,β-unsaturated/α-hetero) is 2. The molecule has 0 saturated heterocycles. The standard InChI is InChI=1S/C31H32N2O9/c1-4-18(35)42-27-20-16(13-14-9-6-5-7-10-14)15-11-8-12-17(34)19(15)25(36)21(20)28(38)31(41)23(27)24(33(2)3)26(37)22(29(31)39)30(32)40/h5-12,16,20,23-24,27,34,36,39,41H,4,13H2,1-3H3,(H2,32,40). The number of nitrogens with zero attached hydrogens (tertiary/aromatic N) is 1. The maximum atomic E-state index is 14.4. The van der Waals surface area contributed by atoms with Gasteiger partial charge in [-0.25, -0.2) is 0 Å². The van der Waals surface area contributed by atoms with Gasteiger partial charge in [0.25, 0.3) is 5.91 Å². The lowest BCUT2D eigenvalue weighted by Gasteiger charge is -2.55. The van der Waals surface area contributed by atoms with Crippen molar-refractivity contribution >= 4 is 29.2 Å². The van der Waals surface area contributed by atoms with Gasteiger partial charge < -0.3 is 30.9 Å². The van der Waals surface area contributed by atoms with E-state index in [2.05, 4.69) is 0 Å². The third-order valence-electron chi connectivity index (χ3n) is 8.62. The summed E-state index contributed by atoms with van der Waals surface area (Å²) in [5.74, 6) is -9.91. The number of rotatable bonds is 6. The van der Waals surface area contributed by atoms with Gasteiger partial charge in [-0.2, -0.15) is 0 Å². The van der Waals surface area contributed by atoms with Gasteiger partial charge >= 0.3 is 5.97 Å². The number of carbonyl (C=O) groups is 4. The van der Waals surface area contributed by atoms with E-state index in [4.69, 9.17) is 10.5 Å². The molecule has 11 heteroatoms. The van der Waals surface area contributed by atoms with Crippen molar-refractivity contribution in [2.75, 3.05) is 14.1 Å². The Balaban J connectivity index is 1.87. The Bertz CT molecular complexity index is 1560. The van der Waals surface area contributed by atoms with E-state index < -0.39 is 81.6 Å². The number of fused-ring (bicyclic) bond motifs is 3. The SMILES string of the molecule is CCC(=O)OC1C2C(=C(O)c3c(O)cccc3C2Cc2ccccc2)C(=O)C2(O)C(O)=C(C(N)=O)C(=O)C(N(C)C)C12. The van der Waals surface area contributed by atoms with Gasteiger partial charge in [-0.05, 0) is 43.6 Å². The Morgan fingerprint density at radius 2 is 1.69 bits per heavy atom. The van der Waals surface area contributed by atoms with Crippen molar-refractivity contribution < 1.29 is 44.3 Å². The van der Waals surface area contributed by atoms with Crippen LogP contribution >= 0.6 is 0 Å². The lowest BCUT2D eigenvalue weighted by molar-refractivity contribution is -0.185. The molecule has 1 saturated carbocycles. The number of phenols is 1. The highest BCUT2D eigenvalue weighted by molar-refractivity contribution is 6.24. The lowest BCUT2D eigenvalue weighted by Crippen LogP contribution is -2.71. The second-order valence-electron chi connectivity index (χ2n) is 11.1. The van der Waals surface area contributed by atoms with Crippen molar-refractivity contribution in [3.05, 3.63) is 82.1 Å². The van der Waals surface area contributed by atoms with E-state index in [1.807, 2.05) is 30.3 Å². The van der Waals surface area contributed by atoms with Gasteiger partial charge in [0, 0.05) is 17.9 Å². The van der Waals surface area contributed by atoms with E-state index in [9.17, 15) is 39.6 Å². The first-order valence-corrected chi connectivity index (χ1v) is 13.6. The molecule has 2 aromatic carbocycles. The van der Waals surface area contributed by atoms with Crippen LogP contribution in [0.15, 0.2) is 65.4 Å². The summed E-state index contributed by atoms with van der Waals surface area (Å²) < 4.78 is 5.94. The van der Waals surface area contributed by atoms with Crippen LogP contribution in [-0.4, -0.2) is 80.6 Å². The molecule has 6 unspecified atom stereocenters. The molecular formula is C31H32N2O9. The van der Waals surface area contributed by atoms with Crippen LogP contribution in [0.3, 0.4) is 0 Å². The zero-order valence-electron chi connectivity index (χ0n) is 23.3. The number of likely N-dealkylation sites (N-methyl/N-ethyl adjacent to an activating group) is 1. The van der Waals surface area contributed by atoms with E-state index >= 15 is 0 Å². The monoisotopic (exact) mass is 576 g/mol. The molecule has 1 amide bonds. The predicted molar refractivity (Wildman–Crippen MR) is 149 cm³/mol. The number of amides is 1. The highest BCUT2D eigenvalue weighted by atomic mass is 16.5. The number of ketones is 2. The molecule has 0 bridgehead atoms. The molecule has 0 aliphatic heterocycles. The van der Waals surface area contributed by atoms with Crippen molar-refractivity contribution in [1.82, 2.24) is 4.90 Å². The van der Waals surface area contributed by atoms with Crippen molar-refractivity contribution in [2.45, 2.75) is 43.4 Å². The predicted octanol–water partition coefficient (Wildman–Crippen LogP) is 1.68. The molecule has 2 aromatic rings. The highest BCUT2D eigenvalue weighted by Crippen LogP contribution is 2.57. The van der Waals surface area contributed by atoms with Gasteiger partial charge in [0.15, 0.2) is 11.4 Å². The fourth-order valence-corrected chi connectivity index (χ4v) is 6.85. The second kappa shape index (κ2) is 10.4. The quantitative estimate of drug-likeness (QED) is 0.250. The highest BCUT2D eigenvalue weighted by Gasteiger charge is 2.69. The van der Waals surface area contributed by atoms with E-state index in [1.54, 1.807) is 19.1 Å². The van der Waals surface area contributed by atoms with Gasteiger partial charge in [-0.15, -0.1) is 0 Å². The van der Waals surface area contributed by atoms with Crippen LogP contribution in [0.25, 0.3) is 5.76 Å². The van der Waals surface area contributed by atoms with Gasteiger partial charge in [0.1, 0.15) is 28.9 Å². The molecular weight excluding hydrogens is 544 g/mol. The molecule has 6 N–H and O–H groups in total. The average molecular weight is 577 g/mol. The number of phenolic OH excluding ortho intramolecular Hbond substituents is 1. The molecule has 5 rings (SSSR count). The number of hydrogen-bond donors (Lipinski definition) is 5. The number of ether oxygens (including phenoxy) is 1. The van der Waals surface area contributed by atoms with Crippen LogP contribution in [0, 0.1) is 11.8 Å². The number of aromatic hydroxyl groups is 1. The first-order chi connectivity index (χ1) is 19.9. The zero-order chi connectivity index (χ0) is 30.7. The van der Waals surface area contributed by atoms with Crippen LogP contribution in [0.1, 0.15) is 36.0 Å². The molecule has 220 valence electrons. The molecule has 0 aromatic heterocycles. The third kappa shape index (κ3) is 4.11. The topological polar surface area (TPSA) is 188 Å². The number of carbonyl (C=O) groups excluding carboxylic acids is 4. The summed E-state index contributed by atoms with van der Waals surface area (Å²) in [4.78, 5) is 54.7. The van der Waals surface area contributed by atoms with Crippen molar-refractivity contribution in [3.8, 4) is 5.75 Å². The molecule has 1 fully saturated rings. The van der Waals surface area contributed by atoms with Gasteiger partial charge in [-0.1, -0.05) is 49.4 Å². The smallest absolute Gasteiger partial charge is 0.305 e. The van der Waals surface area contributed by atoms with E-state index in [-0.39, 0.29) is 24.2 Å².